The molecule has 4 aromatic rings. The van der Waals surface area contributed by atoms with Gasteiger partial charge in [0.05, 0.1) is 11.0 Å². The van der Waals surface area contributed by atoms with E-state index in [2.05, 4.69) is 53.1 Å². The van der Waals surface area contributed by atoms with E-state index in [1.807, 2.05) is 58.2 Å². The number of aliphatic imine (C=N–C) groups is 1. The first-order valence-corrected chi connectivity index (χ1v) is 9.34. The predicted molar refractivity (Wildman–Crippen MR) is 114 cm³/mol. The van der Waals surface area contributed by atoms with Crippen LogP contribution in [0.25, 0.3) is 22.1 Å². The average Bonchev–Trinajstić information content (AvgIpc) is 3.29. The molecule has 29 heavy (non-hydrogen) atoms. The molecule has 0 radical (unpaired) electrons. The number of rotatable bonds is 4. The van der Waals surface area contributed by atoms with Gasteiger partial charge in [-0.3, -0.25) is 5.01 Å². The first-order chi connectivity index (χ1) is 13.9. The molecule has 0 amide bonds. The first kappa shape index (κ1) is 18.7. The van der Waals surface area contributed by atoms with Crippen LogP contribution in [-0.2, 0) is 6.67 Å². The van der Waals surface area contributed by atoms with E-state index in [1.54, 1.807) is 4.68 Å². The molecule has 0 aliphatic rings. The molecule has 9 heteroatoms. The van der Waals surface area contributed by atoms with Crippen molar-refractivity contribution in [3.63, 3.8) is 0 Å². The topological polar surface area (TPSA) is 89.4 Å². The van der Waals surface area contributed by atoms with Crippen LogP contribution in [-0.4, -0.2) is 54.2 Å². The van der Waals surface area contributed by atoms with Gasteiger partial charge in [0, 0.05) is 6.54 Å². The maximum atomic E-state index is 4.75. The second kappa shape index (κ2) is 7.42. The zero-order valence-electron chi connectivity index (χ0n) is 16.8. The summed E-state index contributed by atoms with van der Waals surface area (Å²) in [6.45, 7) is 11.2. The summed E-state index contributed by atoms with van der Waals surface area (Å²) in [4.78, 5) is 4.12. The minimum absolute atomic E-state index is 0.00337. The van der Waals surface area contributed by atoms with Gasteiger partial charge in [0.25, 0.3) is 5.96 Å². The Morgan fingerprint density at radius 3 is 2.28 bits per heavy atom. The smallest absolute Gasteiger partial charge is 0.268 e. The number of hydrogen-bond donors (Lipinski definition) is 0. The summed E-state index contributed by atoms with van der Waals surface area (Å²) in [6.07, 6.45) is 0. The fourth-order valence-corrected chi connectivity index (χ4v) is 3.13. The first-order valence-electron chi connectivity index (χ1n) is 9.34. The lowest BCUT2D eigenvalue weighted by Crippen LogP contribution is -2.32. The van der Waals surface area contributed by atoms with E-state index in [0.29, 0.717) is 19.2 Å². The number of nitrogens with zero attached hydrogens (tertiary/aromatic N) is 9. The lowest BCUT2D eigenvalue weighted by molar-refractivity contribution is 0.152. The van der Waals surface area contributed by atoms with Gasteiger partial charge in [-0.05, 0) is 36.4 Å². The van der Waals surface area contributed by atoms with Crippen molar-refractivity contribution in [2.24, 2.45) is 15.5 Å². The summed E-state index contributed by atoms with van der Waals surface area (Å²) in [5.74, 6) is 0.354. The fourth-order valence-electron chi connectivity index (χ4n) is 3.13. The summed E-state index contributed by atoms with van der Waals surface area (Å²) in [7, 11) is 0. The largest absolute Gasteiger partial charge is 0.271 e. The van der Waals surface area contributed by atoms with E-state index < -0.39 is 0 Å². The SMILES string of the molecule is C=N/C(=N\N(Cn1nnc2ccccc21)CC(C)(C)C)n1nnc2ccccc21. The number of hydrogen-bond acceptors (Lipinski definition) is 6. The van der Waals surface area contributed by atoms with Crippen molar-refractivity contribution in [3.8, 4) is 0 Å². The molecule has 4 rings (SSSR count). The van der Waals surface area contributed by atoms with Crippen LogP contribution in [0, 0.1) is 5.41 Å². The monoisotopic (exact) mass is 389 g/mol. The lowest BCUT2D eigenvalue weighted by atomic mass is 9.97. The van der Waals surface area contributed by atoms with Crippen LogP contribution < -0.4 is 0 Å². The molecule has 0 N–H and O–H groups in total. The summed E-state index contributed by atoms with van der Waals surface area (Å²) < 4.78 is 3.42. The van der Waals surface area contributed by atoms with E-state index >= 15 is 0 Å². The van der Waals surface area contributed by atoms with Gasteiger partial charge in [0.1, 0.15) is 17.7 Å². The number of para-hydroxylation sites is 2. The molecule has 9 nitrogen and oxygen atoms in total. The summed E-state index contributed by atoms with van der Waals surface area (Å²) in [5, 5.41) is 23.6. The molecule has 0 unspecified atom stereocenters. The Morgan fingerprint density at radius 1 is 0.966 bits per heavy atom. The van der Waals surface area contributed by atoms with Crippen molar-refractivity contribution in [2.45, 2.75) is 27.4 Å². The van der Waals surface area contributed by atoms with Crippen LogP contribution in [0.4, 0.5) is 0 Å². The molecule has 0 aliphatic carbocycles. The van der Waals surface area contributed by atoms with Crippen LogP contribution in [0.2, 0.25) is 0 Å². The highest BCUT2D eigenvalue weighted by Gasteiger charge is 2.19. The highest BCUT2D eigenvalue weighted by atomic mass is 15.6. The fraction of sp³-hybridized carbons (Fsp3) is 0.300. The average molecular weight is 389 g/mol. The Morgan fingerprint density at radius 2 is 1.59 bits per heavy atom. The Balaban J connectivity index is 1.73. The second-order valence-electron chi connectivity index (χ2n) is 7.99. The van der Waals surface area contributed by atoms with E-state index in [4.69, 9.17) is 5.10 Å². The summed E-state index contributed by atoms with van der Waals surface area (Å²) in [6, 6.07) is 15.5. The number of hydrazone groups is 1. The highest BCUT2D eigenvalue weighted by Crippen LogP contribution is 2.18. The summed E-state index contributed by atoms with van der Waals surface area (Å²) in [5.41, 5.74) is 3.38. The van der Waals surface area contributed by atoms with Crippen LogP contribution in [0.15, 0.2) is 58.6 Å². The van der Waals surface area contributed by atoms with E-state index in [1.165, 1.54) is 0 Å². The van der Waals surface area contributed by atoms with E-state index in [0.717, 1.165) is 22.1 Å². The molecule has 0 aliphatic heterocycles. The molecule has 148 valence electrons. The third-order valence-electron chi connectivity index (χ3n) is 4.29. The standard InChI is InChI=1S/C20H23N9/c1-20(2,3)13-27(14-28-17-11-7-5-9-15(17)22-25-28)24-19(21-4)29-18-12-8-6-10-16(18)23-26-29/h5-12H,4,13-14H2,1-3H3/b24-19+. The quantitative estimate of drug-likeness (QED) is 0.304. The van der Waals surface area contributed by atoms with Gasteiger partial charge in [0.15, 0.2) is 0 Å². The predicted octanol–water partition coefficient (Wildman–Crippen LogP) is 3.00. The number of benzene rings is 2. The Bertz CT molecular complexity index is 1180. The van der Waals surface area contributed by atoms with Crippen molar-refractivity contribution >= 4 is 34.7 Å². The van der Waals surface area contributed by atoms with Crippen molar-refractivity contribution in [1.29, 1.82) is 0 Å². The van der Waals surface area contributed by atoms with Crippen LogP contribution in [0.1, 0.15) is 20.8 Å². The minimum atomic E-state index is -0.00337. The van der Waals surface area contributed by atoms with Gasteiger partial charge in [-0.15, -0.1) is 15.3 Å². The summed E-state index contributed by atoms with van der Waals surface area (Å²) >= 11 is 0. The minimum Gasteiger partial charge on any atom is -0.271 e. The van der Waals surface area contributed by atoms with Gasteiger partial charge in [0.2, 0.25) is 0 Å². The molecule has 0 saturated carbocycles. The molecule has 2 aromatic heterocycles. The molecule has 2 aromatic carbocycles. The van der Waals surface area contributed by atoms with Crippen LogP contribution in [0.5, 0.6) is 0 Å². The van der Waals surface area contributed by atoms with Gasteiger partial charge >= 0.3 is 0 Å². The molecular formula is C20H23N9. The van der Waals surface area contributed by atoms with Gasteiger partial charge in [-0.25, -0.2) is 9.67 Å². The second-order valence-corrected chi connectivity index (χ2v) is 7.99. The van der Waals surface area contributed by atoms with E-state index in [9.17, 15) is 0 Å². The molecular weight excluding hydrogens is 366 g/mol. The van der Waals surface area contributed by atoms with Crippen molar-refractivity contribution < 1.29 is 0 Å². The van der Waals surface area contributed by atoms with E-state index in [-0.39, 0.29) is 5.41 Å². The van der Waals surface area contributed by atoms with Crippen molar-refractivity contribution in [1.82, 2.24) is 35.0 Å². The molecule has 0 atom stereocenters. The highest BCUT2D eigenvalue weighted by molar-refractivity contribution is 5.92. The maximum Gasteiger partial charge on any atom is 0.268 e. The van der Waals surface area contributed by atoms with Gasteiger partial charge in [-0.1, -0.05) is 55.5 Å². The number of aromatic nitrogens is 6. The van der Waals surface area contributed by atoms with Crippen LogP contribution >= 0.6 is 0 Å². The Hall–Kier alpha value is -3.62. The van der Waals surface area contributed by atoms with Crippen molar-refractivity contribution in [2.75, 3.05) is 6.54 Å². The third-order valence-corrected chi connectivity index (χ3v) is 4.29. The normalized spacial score (nSPS) is 12.6. The maximum absolute atomic E-state index is 4.75. The lowest BCUT2D eigenvalue weighted by Gasteiger charge is -2.27. The van der Waals surface area contributed by atoms with Crippen molar-refractivity contribution in [3.05, 3.63) is 48.5 Å². The zero-order chi connectivity index (χ0) is 20.4. The molecule has 2 heterocycles. The molecule has 0 saturated heterocycles. The third kappa shape index (κ3) is 3.98. The van der Waals surface area contributed by atoms with Crippen LogP contribution in [0.3, 0.4) is 0 Å². The van der Waals surface area contributed by atoms with Gasteiger partial charge < -0.3 is 0 Å². The van der Waals surface area contributed by atoms with Gasteiger partial charge in [-0.2, -0.15) is 4.68 Å². The molecule has 0 bridgehead atoms. The molecule has 0 fully saturated rings. The Kier molecular flexibility index (Phi) is 4.79. The number of fused-ring (bicyclic) bond motifs is 2. The molecule has 0 spiro atoms. The zero-order valence-corrected chi connectivity index (χ0v) is 16.8. The Labute approximate surface area is 168 Å².